The maximum atomic E-state index is 11.5. The summed E-state index contributed by atoms with van der Waals surface area (Å²) in [6.45, 7) is 5.30. The van der Waals surface area contributed by atoms with E-state index in [0.29, 0.717) is 23.9 Å². The Morgan fingerprint density at radius 2 is 1.76 bits per heavy atom. The average Bonchev–Trinajstić information content (AvgIpc) is 3.37. The molecule has 160 valence electrons. The van der Waals surface area contributed by atoms with E-state index in [2.05, 4.69) is 19.0 Å². The van der Waals surface area contributed by atoms with Gasteiger partial charge in [-0.3, -0.25) is 0 Å². The van der Waals surface area contributed by atoms with Gasteiger partial charge in [0.25, 0.3) is 0 Å². The molecule has 6 heteroatoms. The van der Waals surface area contributed by atoms with Crippen LogP contribution in [-0.2, 0) is 11.3 Å². The Morgan fingerprint density at radius 3 is 2.34 bits per heavy atom. The van der Waals surface area contributed by atoms with Crippen molar-refractivity contribution in [3.05, 3.63) is 17.0 Å². The number of ether oxygens (including phenoxy) is 1. The highest BCUT2D eigenvalue weighted by molar-refractivity contribution is 5.66. The van der Waals surface area contributed by atoms with Crippen molar-refractivity contribution in [2.24, 2.45) is 5.41 Å². The van der Waals surface area contributed by atoms with Gasteiger partial charge in [0.1, 0.15) is 5.76 Å². The molecular formula is C23H34N2O4. The zero-order valence-corrected chi connectivity index (χ0v) is 17.7. The van der Waals surface area contributed by atoms with E-state index in [1.165, 1.54) is 44.1 Å². The van der Waals surface area contributed by atoms with Crippen molar-refractivity contribution in [1.29, 1.82) is 0 Å². The van der Waals surface area contributed by atoms with Crippen LogP contribution in [0.25, 0.3) is 0 Å². The first-order valence-electron chi connectivity index (χ1n) is 11.5. The third-order valence-corrected chi connectivity index (χ3v) is 7.90. The second kappa shape index (κ2) is 7.29. The minimum Gasteiger partial charge on any atom is -0.465 e. The number of fused-ring (bicyclic) bond motifs is 2. The predicted octanol–water partition coefficient (Wildman–Crippen LogP) is 5.43. The Kier molecular flexibility index (Phi) is 4.88. The zero-order valence-electron chi connectivity index (χ0n) is 17.7. The molecule has 2 saturated heterocycles. The van der Waals surface area contributed by atoms with Crippen molar-refractivity contribution in [1.82, 2.24) is 10.1 Å². The minimum atomic E-state index is -0.770. The smallest absolute Gasteiger partial charge is 0.407 e. The van der Waals surface area contributed by atoms with Gasteiger partial charge < -0.3 is 19.3 Å². The lowest BCUT2D eigenvalue weighted by Gasteiger charge is -2.37. The fraction of sp³-hybridized carbons (Fsp3) is 0.826. The van der Waals surface area contributed by atoms with Gasteiger partial charge in [-0.2, -0.15) is 0 Å². The Morgan fingerprint density at radius 1 is 1.10 bits per heavy atom. The molecule has 1 N–H and O–H groups in total. The number of hydrogen-bond acceptors (Lipinski definition) is 4. The van der Waals surface area contributed by atoms with E-state index in [1.54, 1.807) is 4.90 Å². The Labute approximate surface area is 173 Å². The van der Waals surface area contributed by atoms with Crippen LogP contribution in [0, 0.1) is 5.41 Å². The van der Waals surface area contributed by atoms with Gasteiger partial charge in [-0.15, -0.1) is 0 Å². The zero-order chi connectivity index (χ0) is 20.2. The second-order valence-electron chi connectivity index (χ2n) is 10.6. The number of carboxylic acid groups (broad SMARTS) is 1. The SMILES string of the molecule is CC1(C)CCC(c2noc(C3CC3)c2COC2CC3CCC(C2)N3C(=O)O)CC1. The van der Waals surface area contributed by atoms with Crippen LogP contribution in [0.5, 0.6) is 0 Å². The number of nitrogens with zero attached hydrogens (tertiary/aromatic N) is 2. The van der Waals surface area contributed by atoms with Gasteiger partial charge in [-0.05, 0) is 69.6 Å². The summed E-state index contributed by atoms with van der Waals surface area (Å²) in [5, 5.41) is 14.0. The summed E-state index contributed by atoms with van der Waals surface area (Å²) < 4.78 is 12.3. The van der Waals surface area contributed by atoms with E-state index in [9.17, 15) is 9.90 Å². The van der Waals surface area contributed by atoms with Gasteiger partial charge in [0.2, 0.25) is 0 Å². The quantitative estimate of drug-likeness (QED) is 0.711. The largest absolute Gasteiger partial charge is 0.465 e. The molecule has 2 aliphatic heterocycles. The van der Waals surface area contributed by atoms with Gasteiger partial charge in [-0.25, -0.2) is 4.79 Å². The molecule has 2 aliphatic carbocycles. The maximum Gasteiger partial charge on any atom is 0.407 e. The molecule has 5 rings (SSSR count). The van der Waals surface area contributed by atoms with E-state index in [-0.39, 0.29) is 18.2 Å². The molecule has 2 unspecified atom stereocenters. The van der Waals surface area contributed by atoms with Crippen LogP contribution in [0.4, 0.5) is 4.79 Å². The van der Waals surface area contributed by atoms with Crippen molar-refractivity contribution in [2.75, 3.05) is 0 Å². The standard InChI is InChI=1S/C23H34N2O4/c1-23(2)9-7-14(8-10-23)20-19(21(29-24-20)15-3-4-15)13-28-18-11-16-5-6-17(12-18)25(16)22(26)27/h14-18H,3-13H2,1-2H3,(H,26,27). The van der Waals surface area contributed by atoms with Crippen LogP contribution in [0.15, 0.2) is 4.52 Å². The van der Waals surface area contributed by atoms with Gasteiger partial charge in [0.05, 0.1) is 18.4 Å². The van der Waals surface area contributed by atoms with Crippen LogP contribution in [0.2, 0.25) is 0 Å². The van der Waals surface area contributed by atoms with Crippen molar-refractivity contribution < 1.29 is 19.2 Å². The van der Waals surface area contributed by atoms with Gasteiger partial charge in [0.15, 0.2) is 0 Å². The lowest BCUT2D eigenvalue weighted by atomic mass is 9.72. The normalized spacial score (nSPS) is 31.9. The molecule has 6 nitrogen and oxygen atoms in total. The molecule has 1 aromatic heterocycles. The van der Waals surface area contributed by atoms with Gasteiger partial charge >= 0.3 is 6.09 Å². The molecule has 2 bridgehead atoms. The number of rotatable bonds is 5. The van der Waals surface area contributed by atoms with Crippen molar-refractivity contribution in [3.8, 4) is 0 Å². The Bertz CT molecular complexity index is 745. The molecule has 0 radical (unpaired) electrons. The summed E-state index contributed by atoms with van der Waals surface area (Å²) in [5.41, 5.74) is 2.80. The van der Waals surface area contributed by atoms with Crippen LogP contribution >= 0.6 is 0 Å². The third kappa shape index (κ3) is 3.80. The number of aromatic nitrogens is 1. The minimum absolute atomic E-state index is 0.127. The van der Waals surface area contributed by atoms with E-state index in [4.69, 9.17) is 9.26 Å². The van der Waals surface area contributed by atoms with Gasteiger partial charge in [-0.1, -0.05) is 19.0 Å². The monoisotopic (exact) mass is 402 g/mol. The summed E-state index contributed by atoms with van der Waals surface area (Å²) in [4.78, 5) is 13.2. The molecule has 2 saturated carbocycles. The molecule has 3 heterocycles. The lowest BCUT2D eigenvalue weighted by Crippen LogP contribution is -2.47. The molecule has 29 heavy (non-hydrogen) atoms. The van der Waals surface area contributed by atoms with E-state index >= 15 is 0 Å². The molecule has 4 fully saturated rings. The number of piperidine rings is 1. The average molecular weight is 403 g/mol. The Balaban J connectivity index is 1.28. The summed E-state index contributed by atoms with van der Waals surface area (Å²) in [6, 6.07) is 0.253. The predicted molar refractivity (Wildman–Crippen MR) is 108 cm³/mol. The first-order chi connectivity index (χ1) is 13.9. The van der Waals surface area contributed by atoms with Gasteiger partial charge in [0, 0.05) is 29.5 Å². The van der Waals surface area contributed by atoms with Crippen LogP contribution < -0.4 is 0 Å². The molecule has 4 aliphatic rings. The Hall–Kier alpha value is -1.56. The molecular weight excluding hydrogens is 368 g/mol. The first-order valence-corrected chi connectivity index (χ1v) is 11.5. The van der Waals surface area contributed by atoms with Crippen LogP contribution in [-0.4, -0.2) is 39.4 Å². The van der Waals surface area contributed by atoms with Crippen LogP contribution in [0.3, 0.4) is 0 Å². The van der Waals surface area contributed by atoms with Crippen molar-refractivity contribution in [2.45, 2.75) is 115 Å². The van der Waals surface area contributed by atoms with Crippen molar-refractivity contribution in [3.63, 3.8) is 0 Å². The van der Waals surface area contributed by atoms with E-state index in [1.807, 2.05) is 0 Å². The summed E-state index contributed by atoms with van der Waals surface area (Å²) in [6.07, 6.45) is 10.2. The third-order valence-electron chi connectivity index (χ3n) is 7.90. The molecule has 1 aromatic rings. The lowest BCUT2D eigenvalue weighted by molar-refractivity contribution is -0.0232. The molecule has 0 spiro atoms. The highest BCUT2D eigenvalue weighted by Crippen LogP contribution is 2.47. The number of carbonyl (C=O) groups is 1. The second-order valence-corrected chi connectivity index (χ2v) is 10.6. The fourth-order valence-corrected chi connectivity index (χ4v) is 5.92. The first kappa shape index (κ1) is 19.4. The van der Waals surface area contributed by atoms with E-state index < -0.39 is 6.09 Å². The number of hydrogen-bond donors (Lipinski definition) is 1. The summed E-state index contributed by atoms with van der Waals surface area (Å²) >= 11 is 0. The molecule has 0 aromatic carbocycles. The topological polar surface area (TPSA) is 75.8 Å². The molecule has 2 atom stereocenters. The van der Waals surface area contributed by atoms with E-state index in [0.717, 1.165) is 37.1 Å². The van der Waals surface area contributed by atoms with Crippen LogP contribution in [0.1, 0.15) is 107 Å². The number of amides is 1. The summed E-state index contributed by atoms with van der Waals surface area (Å²) in [5.74, 6) is 2.08. The highest BCUT2D eigenvalue weighted by Gasteiger charge is 2.44. The summed E-state index contributed by atoms with van der Waals surface area (Å²) in [7, 11) is 0. The highest BCUT2D eigenvalue weighted by atomic mass is 16.5. The van der Waals surface area contributed by atoms with Crippen molar-refractivity contribution >= 4 is 6.09 Å². The maximum absolute atomic E-state index is 11.5. The molecule has 1 amide bonds. The fourth-order valence-electron chi connectivity index (χ4n) is 5.92.